The van der Waals surface area contributed by atoms with Gasteiger partial charge in [-0.15, -0.1) is 0 Å². The minimum absolute atomic E-state index is 0.0495. The first-order chi connectivity index (χ1) is 8.78. The van der Waals surface area contributed by atoms with Crippen LogP contribution in [0.2, 0.25) is 0 Å². The molecule has 2 aliphatic heterocycles. The van der Waals surface area contributed by atoms with Gasteiger partial charge in [-0.05, 0) is 38.8 Å². The van der Waals surface area contributed by atoms with Gasteiger partial charge < -0.3 is 19.3 Å². The van der Waals surface area contributed by atoms with Crippen molar-refractivity contribution in [2.45, 2.75) is 31.9 Å². The molecule has 3 rings (SSSR count). The number of piperidine rings is 2. The van der Waals surface area contributed by atoms with Crippen molar-refractivity contribution in [1.29, 1.82) is 0 Å². The Bertz CT molecular complexity index is 407. The van der Waals surface area contributed by atoms with E-state index < -0.39 is 0 Å². The number of oxazole rings is 1. The average molecular weight is 251 g/mol. The first kappa shape index (κ1) is 12.0. The van der Waals surface area contributed by atoms with Crippen molar-refractivity contribution in [2.75, 3.05) is 31.6 Å². The lowest BCUT2D eigenvalue weighted by Crippen LogP contribution is -2.52. The van der Waals surface area contributed by atoms with E-state index in [1.165, 1.54) is 25.8 Å². The van der Waals surface area contributed by atoms with Crippen LogP contribution in [0.15, 0.2) is 10.7 Å². The molecule has 0 amide bonds. The lowest BCUT2D eigenvalue weighted by molar-refractivity contribution is 0.101. The lowest BCUT2D eigenvalue weighted by atomic mass is 9.84. The molecule has 18 heavy (non-hydrogen) atoms. The van der Waals surface area contributed by atoms with Crippen LogP contribution in [0.3, 0.4) is 0 Å². The van der Waals surface area contributed by atoms with Gasteiger partial charge in [-0.25, -0.2) is 0 Å². The first-order valence-corrected chi connectivity index (χ1v) is 6.78. The number of likely N-dealkylation sites (tertiary alicyclic amines) is 1. The van der Waals surface area contributed by atoms with Crippen LogP contribution in [0.5, 0.6) is 0 Å². The molecule has 5 heteroatoms. The predicted octanol–water partition coefficient (Wildman–Crippen LogP) is 1.09. The topological polar surface area (TPSA) is 52.7 Å². The van der Waals surface area contributed by atoms with E-state index in [4.69, 9.17) is 9.52 Å². The number of rotatable bonds is 2. The lowest BCUT2D eigenvalue weighted by Gasteiger charge is -2.45. The summed E-state index contributed by atoms with van der Waals surface area (Å²) in [5.41, 5.74) is 0.618. The van der Waals surface area contributed by atoms with Gasteiger partial charge in [-0.2, -0.15) is 4.98 Å². The minimum Gasteiger partial charge on any atom is -0.432 e. The van der Waals surface area contributed by atoms with Crippen LogP contribution in [0.1, 0.15) is 25.0 Å². The predicted molar refractivity (Wildman–Crippen MR) is 68.4 cm³/mol. The zero-order valence-corrected chi connectivity index (χ0v) is 10.9. The zero-order valence-electron chi connectivity index (χ0n) is 10.9. The summed E-state index contributed by atoms with van der Waals surface area (Å²) in [4.78, 5) is 9.03. The summed E-state index contributed by atoms with van der Waals surface area (Å²) in [7, 11) is 2.24. The maximum atomic E-state index is 9.02. The Balaban J connectivity index is 1.69. The van der Waals surface area contributed by atoms with Gasteiger partial charge in [-0.1, -0.05) is 0 Å². The van der Waals surface area contributed by atoms with Crippen LogP contribution in [-0.2, 0) is 6.61 Å². The van der Waals surface area contributed by atoms with E-state index >= 15 is 0 Å². The molecule has 2 atom stereocenters. The van der Waals surface area contributed by atoms with Gasteiger partial charge in [0.1, 0.15) is 12.0 Å². The highest BCUT2D eigenvalue weighted by atomic mass is 16.4. The normalized spacial score (nSPS) is 29.3. The average Bonchev–Trinajstić information content (AvgIpc) is 2.87. The highest BCUT2D eigenvalue weighted by Gasteiger charge is 2.35. The highest BCUT2D eigenvalue weighted by Crippen LogP contribution is 2.31. The molecule has 1 N–H and O–H groups in total. The van der Waals surface area contributed by atoms with E-state index in [0.717, 1.165) is 25.0 Å². The summed E-state index contributed by atoms with van der Waals surface area (Å²) >= 11 is 0. The SMILES string of the molecule is CN1CCCC2CN(c3nc(CO)co3)CCC21. The van der Waals surface area contributed by atoms with Gasteiger partial charge in [0.15, 0.2) is 0 Å². The third-order valence-corrected chi connectivity index (χ3v) is 4.32. The van der Waals surface area contributed by atoms with E-state index in [-0.39, 0.29) is 6.61 Å². The monoisotopic (exact) mass is 251 g/mol. The van der Waals surface area contributed by atoms with E-state index in [2.05, 4.69) is 21.8 Å². The Morgan fingerprint density at radius 3 is 3.11 bits per heavy atom. The molecule has 0 saturated carbocycles. The molecule has 0 aliphatic carbocycles. The number of hydrogen-bond donors (Lipinski definition) is 1. The molecule has 0 bridgehead atoms. The molecule has 3 heterocycles. The van der Waals surface area contributed by atoms with Crippen LogP contribution in [0.4, 0.5) is 6.01 Å². The Morgan fingerprint density at radius 2 is 2.33 bits per heavy atom. The fourth-order valence-corrected chi connectivity index (χ4v) is 3.34. The molecule has 1 aromatic heterocycles. The summed E-state index contributed by atoms with van der Waals surface area (Å²) < 4.78 is 5.44. The first-order valence-electron chi connectivity index (χ1n) is 6.78. The quantitative estimate of drug-likeness (QED) is 0.852. The molecular weight excluding hydrogens is 230 g/mol. The fraction of sp³-hybridized carbons (Fsp3) is 0.769. The van der Waals surface area contributed by atoms with Gasteiger partial charge >= 0.3 is 0 Å². The van der Waals surface area contributed by atoms with Gasteiger partial charge in [-0.3, -0.25) is 0 Å². The van der Waals surface area contributed by atoms with Crippen molar-refractivity contribution in [3.05, 3.63) is 12.0 Å². The Kier molecular flexibility index (Phi) is 3.26. The smallest absolute Gasteiger partial charge is 0.297 e. The van der Waals surface area contributed by atoms with Crippen LogP contribution in [0.25, 0.3) is 0 Å². The summed E-state index contributed by atoms with van der Waals surface area (Å²) in [6, 6.07) is 1.40. The maximum absolute atomic E-state index is 9.02. The second kappa shape index (κ2) is 4.90. The van der Waals surface area contributed by atoms with Crippen LogP contribution in [0, 0.1) is 5.92 Å². The van der Waals surface area contributed by atoms with Crippen LogP contribution < -0.4 is 4.90 Å². The molecular formula is C13H21N3O2. The third kappa shape index (κ3) is 2.12. The van der Waals surface area contributed by atoms with E-state index in [1.807, 2.05) is 0 Å². The molecule has 5 nitrogen and oxygen atoms in total. The van der Waals surface area contributed by atoms with Gasteiger partial charge in [0.25, 0.3) is 6.01 Å². The van der Waals surface area contributed by atoms with Crippen molar-refractivity contribution < 1.29 is 9.52 Å². The van der Waals surface area contributed by atoms with Crippen molar-refractivity contribution in [3.8, 4) is 0 Å². The number of anilines is 1. The van der Waals surface area contributed by atoms with Gasteiger partial charge in [0.2, 0.25) is 0 Å². The van der Waals surface area contributed by atoms with Crippen LogP contribution >= 0.6 is 0 Å². The van der Waals surface area contributed by atoms with E-state index in [1.54, 1.807) is 6.26 Å². The number of nitrogens with zero attached hydrogens (tertiary/aromatic N) is 3. The van der Waals surface area contributed by atoms with Crippen molar-refractivity contribution in [2.24, 2.45) is 5.92 Å². The second-order valence-electron chi connectivity index (χ2n) is 5.46. The number of hydrogen-bond acceptors (Lipinski definition) is 5. The van der Waals surface area contributed by atoms with Gasteiger partial charge in [0, 0.05) is 19.1 Å². The second-order valence-corrected chi connectivity index (χ2v) is 5.46. The largest absolute Gasteiger partial charge is 0.432 e. The molecule has 1 aromatic rings. The summed E-state index contributed by atoms with van der Waals surface area (Å²) in [5, 5.41) is 9.02. The standard InChI is InChI=1S/C13H21N3O2/c1-15-5-2-3-10-7-16(6-4-12(10)15)13-14-11(8-17)9-18-13/h9-10,12,17H,2-8H2,1H3. The molecule has 0 aromatic carbocycles. The van der Waals surface area contributed by atoms with Crippen LogP contribution in [-0.4, -0.2) is 47.7 Å². The molecule has 0 spiro atoms. The summed E-state index contributed by atoms with van der Waals surface area (Å²) in [5.74, 6) is 0.724. The maximum Gasteiger partial charge on any atom is 0.297 e. The molecule has 100 valence electrons. The Morgan fingerprint density at radius 1 is 1.44 bits per heavy atom. The molecule has 2 fully saturated rings. The number of aromatic nitrogens is 1. The number of fused-ring (bicyclic) bond motifs is 1. The van der Waals surface area contributed by atoms with Gasteiger partial charge in [0.05, 0.1) is 6.61 Å². The molecule has 0 radical (unpaired) electrons. The third-order valence-electron chi connectivity index (χ3n) is 4.32. The molecule has 2 unspecified atom stereocenters. The minimum atomic E-state index is -0.0495. The Hall–Kier alpha value is -1.07. The highest BCUT2D eigenvalue weighted by molar-refractivity contribution is 5.28. The molecule has 2 saturated heterocycles. The summed E-state index contributed by atoms with van der Waals surface area (Å²) in [6.45, 7) is 3.21. The van der Waals surface area contributed by atoms with E-state index in [9.17, 15) is 0 Å². The number of aliphatic hydroxyl groups excluding tert-OH is 1. The molecule has 2 aliphatic rings. The van der Waals surface area contributed by atoms with E-state index in [0.29, 0.717) is 11.7 Å². The fourth-order valence-electron chi connectivity index (χ4n) is 3.34. The van der Waals surface area contributed by atoms with Crippen molar-refractivity contribution in [1.82, 2.24) is 9.88 Å². The number of aliphatic hydroxyl groups is 1. The zero-order chi connectivity index (χ0) is 12.5. The Labute approximate surface area is 107 Å². The van der Waals surface area contributed by atoms with Crippen molar-refractivity contribution in [3.63, 3.8) is 0 Å². The van der Waals surface area contributed by atoms with Crippen molar-refractivity contribution >= 4 is 6.01 Å². The summed E-state index contributed by atoms with van der Waals surface area (Å²) in [6.07, 6.45) is 5.32.